The first-order valence-corrected chi connectivity index (χ1v) is 9.14. The van der Waals surface area contributed by atoms with Crippen molar-refractivity contribution in [1.29, 1.82) is 0 Å². The summed E-state index contributed by atoms with van der Waals surface area (Å²) in [5.74, 6) is 1.60. The van der Waals surface area contributed by atoms with E-state index in [0.717, 1.165) is 18.6 Å². The molecule has 0 radical (unpaired) electrons. The van der Waals surface area contributed by atoms with Crippen LogP contribution in [0.15, 0.2) is 42.5 Å². The Morgan fingerprint density at radius 3 is 2.25 bits per heavy atom. The lowest BCUT2D eigenvalue weighted by Crippen LogP contribution is -2.15. The van der Waals surface area contributed by atoms with E-state index in [0.29, 0.717) is 30.0 Å². The monoisotopic (exact) mass is 345 g/mol. The molecule has 0 spiro atoms. The van der Waals surface area contributed by atoms with E-state index >= 15 is 0 Å². The molecule has 0 aliphatic carbocycles. The highest BCUT2D eigenvalue weighted by Gasteiger charge is 2.13. The number of halogens is 1. The van der Waals surface area contributed by atoms with Crippen LogP contribution in [0.5, 0.6) is 5.75 Å². The average molecular weight is 346 g/mol. The predicted molar refractivity (Wildman–Crippen MR) is 103 cm³/mol. The zero-order chi connectivity index (χ0) is 17.5. The van der Waals surface area contributed by atoms with Crippen molar-refractivity contribution in [2.45, 2.75) is 45.4 Å². The first-order valence-electron chi connectivity index (χ1n) is 8.76. The SMILES string of the molecule is CCCOc1ccc(CC(CN)c2ccc(C(C)C)cc2)cc1Cl. The van der Waals surface area contributed by atoms with E-state index in [2.05, 4.69) is 51.1 Å². The molecule has 0 aliphatic heterocycles. The van der Waals surface area contributed by atoms with Crippen LogP contribution in [0, 0.1) is 0 Å². The summed E-state index contributed by atoms with van der Waals surface area (Å²) in [5.41, 5.74) is 9.85. The molecule has 0 heterocycles. The normalized spacial score (nSPS) is 12.4. The summed E-state index contributed by atoms with van der Waals surface area (Å²) in [6, 6.07) is 14.9. The molecule has 0 aliphatic rings. The Balaban J connectivity index is 2.10. The number of rotatable bonds is 8. The van der Waals surface area contributed by atoms with E-state index in [-0.39, 0.29) is 0 Å². The van der Waals surface area contributed by atoms with Crippen molar-refractivity contribution in [1.82, 2.24) is 0 Å². The highest BCUT2D eigenvalue weighted by molar-refractivity contribution is 6.32. The van der Waals surface area contributed by atoms with Crippen LogP contribution in [0.2, 0.25) is 5.02 Å². The van der Waals surface area contributed by atoms with Gasteiger partial charge in [0.25, 0.3) is 0 Å². The molecule has 0 bridgehead atoms. The maximum absolute atomic E-state index is 6.34. The first kappa shape index (κ1) is 18.8. The Hall–Kier alpha value is -1.51. The molecule has 2 N–H and O–H groups in total. The van der Waals surface area contributed by atoms with Gasteiger partial charge in [-0.2, -0.15) is 0 Å². The van der Waals surface area contributed by atoms with Gasteiger partial charge in [-0.1, -0.05) is 62.7 Å². The third-order valence-electron chi connectivity index (χ3n) is 4.30. The second kappa shape index (κ2) is 9.10. The summed E-state index contributed by atoms with van der Waals surface area (Å²) < 4.78 is 5.64. The highest BCUT2D eigenvalue weighted by atomic mass is 35.5. The number of hydrogen-bond donors (Lipinski definition) is 1. The number of nitrogens with two attached hydrogens (primary N) is 1. The minimum Gasteiger partial charge on any atom is -0.492 e. The second-order valence-corrected chi connectivity index (χ2v) is 6.98. The lowest BCUT2D eigenvalue weighted by molar-refractivity contribution is 0.317. The van der Waals surface area contributed by atoms with Crippen LogP contribution in [-0.2, 0) is 6.42 Å². The standard InChI is InChI=1S/C21H28ClNO/c1-4-11-24-21-10-5-16(13-20(21)22)12-19(14-23)18-8-6-17(7-9-18)15(2)3/h5-10,13,15,19H,4,11-12,14,23H2,1-3H3. The molecule has 0 fully saturated rings. The molecular formula is C21H28ClNO. The molecule has 2 rings (SSSR count). The van der Waals surface area contributed by atoms with Crippen molar-refractivity contribution < 1.29 is 4.74 Å². The van der Waals surface area contributed by atoms with Gasteiger partial charge in [0, 0.05) is 5.92 Å². The fourth-order valence-corrected chi connectivity index (χ4v) is 3.03. The lowest BCUT2D eigenvalue weighted by Gasteiger charge is -2.17. The fraction of sp³-hybridized carbons (Fsp3) is 0.429. The van der Waals surface area contributed by atoms with Gasteiger partial charge in [0.2, 0.25) is 0 Å². The van der Waals surface area contributed by atoms with Crippen LogP contribution in [0.25, 0.3) is 0 Å². The molecule has 3 heteroatoms. The molecule has 130 valence electrons. The van der Waals surface area contributed by atoms with Gasteiger partial charge in [-0.15, -0.1) is 0 Å². The van der Waals surface area contributed by atoms with E-state index in [1.165, 1.54) is 16.7 Å². The Morgan fingerprint density at radius 1 is 1.04 bits per heavy atom. The molecule has 2 nitrogen and oxygen atoms in total. The Morgan fingerprint density at radius 2 is 1.71 bits per heavy atom. The predicted octanol–water partition coefficient (Wildman–Crippen LogP) is 5.54. The van der Waals surface area contributed by atoms with Crippen LogP contribution in [-0.4, -0.2) is 13.2 Å². The maximum atomic E-state index is 6.34. The molecule has 1 unspecified atom stereocenters. The van der Waals surface area contributed by atoms with Crippen LogP contribution in [0.1, 0.15) is 55.7 Å². The molecule has 0 saturated carbocycles. The molecule has 0 saturated heterocycles. The molecule has 1 atom stereocenters. The van der Waals surface area contributed by atoms with Crippen molar-refractivity contribution in [3.05, 3.63) is 64.2 Å². The third-order valence-corrected chi connectivity index (χ3v) is 4.59. The molecule has 0 amide bonds. The molecule has 0 aromatic heterocycles. The zero-order valence-corrected chi connectivity index (χ0v) is 15.6. The van der Waals surface area contributed by atoms with E-state index in [1.54, 1.807) is 0 Å². The Bertz CT molecular complexity index is 637. The van der Waals surface area contributed by atoms with Crippen molar-refractivity contribution >= 4 is 11.6 Å². The quantitative estimate of drug-likeness (QED) is 0.682. The summed E-state index contributed by atoms with van der Waals surface area (Å²) in [6.45, 7) is 7.80. The van der Waals surface area contributed by atoms with Crippen molar-refractivity contribution in [2.24, 2.45) is 5.73 Å². The lowest BCUT2D eigenvalue weighted by atomic mass is 9.90. The number of benzene rings is 2. The van der Waals surface area contributed by atoms with Gasteiger partial charge in [0.05, 0.1) is 11.6 Å². The van der Waals surface area contributed by atoms with Crippen molar-refractivity contribution in [3.63, 3.8) is 0 Å². The van der Waals surface area contributed by atoms with Gasteiger partial charge in [-0.05, 0) is 54.1 Å². The molecule has 2 aromatic rings. The second-order valence-electron chi connectivity index (χ2n) is 6.57. The Kier molecular flexibility index (Phi) is 7.14. The summed E-state index contributed by atoms with van der Waals surface area (Å²) in [5, 5.41) is 0.673. The van der Waals surface area contributed by atoms with Gasteiger partial charge in [-0.25, -0.2) is 0 Å². The van der Waals surface area contributed by atoms with Crippen molar-refractivity contribution in [2.75, 3.05) is 13.2 Å². The first-order chi connectivity index (χ1) is 11.5. The smallest absolute Gasteiger partial charge is 0.137 e. The Labute approximate surface area is 151 Å². The zero-order valence-electron chi connectivity index (χ0n) is 14.9. The van der Waals surface area contributed by atoms with Gasteiger partial charge in [-0.3, -0.25) is 0 Å². The maximum Gasteiger partial charge on any atom is 0.137 e. The van der Waals surface area contributed by atoms with Gasteiger partial charge >= 0.3 is 0 Å². The summed E-state index contributed by atoms with van der Waals surface area (Å²) in [4.78, 5) is 0. The largest absolute Gasteiger partial charge is 0.492 e. The van der Waals surface area contributed by atoms with Crippen LogP contribution >= 0.6 is 11.6 Å². The number of ether oxygens (including phenoxy) is 1. The minimum atomic E-state index is 0.296. The topological polar surface area (TPSA) is 35.2 Å². The van der Waals surface area contributed by atoms with Crippen LogP contribution in [0.3, 0.4) is 0 Å². The van der Waals surface area contributed by atoms with Crippen molar-refractivity contribution in [3.8, 4) is 5.75 Å². The minimum absolute atomic E-state index is 0.296. The van der Waals surface area contributed by atoms with E-state index in [1.807, 2.05) is 12.1 Å². The van der Waals surface area contributed by atoms with E-state index < -0.39 is 0 Å². The highest BCUT2D eigenvalue weighted by Crippen LogP contribution is 2.29. The van der Waals surface area contributed by atoms with E-state index in [4.69, 9.17) is 22.1 Å². The van der Waals surface area contributed by atoms with Crippen LogP contribution < -0.4 is 10.5 Å². The summed E-state index contributed by atoms with van der Waals surface area (Å²) in [7, 11) is 0. The molecule has 2 aromatic carbocycles. The van der Waals surface area contributed by atoms with Gasteiger partial charge in [0.15, 0.2) is 0 Å². The molecule has 24 heavy (non-hydrogen) atoms. The summed E-state index contributed by atoms with van der Waals surface area (Å²) in [6.07, 6.45) is 1.85. The van der Waals surface area contributed by atoms with E-state index in [9.17, 15) is 0 Å². The van der Waals surface area contributed by atoms with Gasteiger partial charge < -0.3 is 10.5 Å². The summed E-state index contributed by atoms with van der Waals surface area (Å²) >= 11 is 6.34. The van der Waals surface area contributed by atoms with Gasteiger partial charge in [0.1, 0.15) is 5.75 Å². The molecular weight excluding hydrogens is 318 g/mol. The number of hydrogen-bond acceptors (Lipinski definition) is 2. The van der Waals surface area contributed by atoms with Crippen LogP contribution in [0.4, 0.5) is 0 Å². The third kappa shape index (κ3) is 4.99. The average Bonchev–Trinajstić information content (AvgIpc) is 2.59. The fourth-order valence-electron chi connectivity index (χ4n) is 2.78.